The number of hydrogen-bond donors (Lipinski definition) is 2. The van der Waals surface area contributed by atoms with Gasteiger partial charge in [0.15, 0.2) is 5.75 Å². The zero-order valence-corrected chi connectivity index (χ0v) is 10.4. The van der Waals surface area contributed by atoms with Crippen LogP contribution in [0.15, 0.2) is 21.7 Å². The van der Waals surface area contributed by atoms with Crippen molar-refractivity contribution in [3.8, 4) is 5.75 Å². The van der Waals surface area contributed by atoms with Crippen molar-refractivity contribution < 1.29 is 13.9 Å². The minimum atomic E-state index is -0.794. The number of benzene rings is 1. The summed E-state index contributed by atoms with van der Waals surface area (Å²) in [5, 5.41) is 5.07. The second-order valence-electron chi connectivity index (χ2n) is 4.33. The number of anilines is 2. The predicted octanol–water partition coefficient (Wildman–Crippen LogP) is 0.417. The predicted molar refractivity (Wildman–Crippen MR) is 68.8 cm³/mol. The molecule has 0 aromatic heterocycles. The first-order valence-corrected chi connectivity index (χ1v) is 5.78. The Hall–Kier alpha value is -2.70. The van der Waals surface area contributed by atoms with Gasteiger partial charge in [0.2, 0.25) is 0 Å². The first kappa shape index (κ1) is 12.3. The second-order valence-corrected chi connectivity index (χ2v) is 4.33. The fourth-order valence-electron chi connectivity index (χ4n) is 2.22. The molecule has 1 aliphatic heterocycles. The van der Waals surface area contributed by atoms with Gasteiger partial charge in [-0.2, -0.15) is 0 Å². The van der Waals surface area contributed by atoms with Crippen LogP contribution in [0.2, 0.25) is 0 Å². The topological polar surface area (TPSA) is 84.5 Å². The lowest BCUT2D eigenvalue weighted by atomic mass is 10.1. The normalized spacial score (nSPS) is 13.2. The van der Waals surface area contributed by atoms with E-state index < -0.39 is 22.6 Å². The van der Waals surface area contributed by atoms with Crippen LogP contribution in [0.1, 0.15) is 15.9 Å². The van der Waals surface area contributed by atoms with Crippen molar-refractivity contribution in [2.75, 3.05) is 12.4 Å². The Morgan fingerprint density at radius 2 is 1.95 bits per heavy atom. The van der Waals surface area contributed by atoms with Crippen molar-refractivity contribution in [2.45, 2.75) is 6.54 Å². The van der Waals surface area contributed by atoms with Crippen LogP contribution in [-0.4, -0.2) is 13.0 Å². The summed E-state index contributed by atoms with van der Waals surface area (Å²) in [6.45, 7) is 0.298. The van der Waals surface area contributed by atoms with Gasteiger partial charge in [0.05, 0.1) is 18.4 Å². The van der Waals surface area contributed by atoms with Crippen LogP contribution in [0.25, 0.3) is 0 Å². The van der Waals surface area contributed by atoms with E-state index in [1.807, 2.05) is 0 Å². The third-order valence-electron chi connectivity index (χ3n) is 3.23. The molecule has 0 radical (unpaired) electrons. The lowest BCUT2D eigenvalue weighted by Crippen LogP contribution is -2.34. The molecule has 3 rings (SSSR count). The Labute approximate surface area is 111 Å². The van der Waals surface area contributed by atoms with E-state index in [2.05, 4.69) is 10.6 Å². The van der Waals surface area contributed by atoms with E-state index in [-0.39, 0.29) is 22.7 Å². The van der Waals surface area contributed by atoms with Crippen molar-refractivity contribution >= 4 is 17.3 Å². The van der Waals surface area contributed by atoms with Crippen LogP contribution in [0.3, 0.4) is 0 Å². The molecule has 7 heteroatoms. The van der Waals surface area contributed by atoms with Gasteiger partial charge in [0.25, 0.3) is 16.8 Å². The van der Waals surface area contributed by atoms with Gasteiger partial charge in [-0.05, 0) is 11.6 Å². The standard InChI is InChI=1S/C13H9FN2O4/c1-20-12-9(10(17)11(12)18)16-8-6(14)3-2-5-4-15-13(19)7(5)8/h2-3,16H,4H2,1H3,(H,15,19). The number of hydrogen-bond acceptors (Lipinski definition) is 5. The number of nitrogens with one attached hydrogen (secondary N) is 2. The molecule has 0 saturated heterocycles. The number of fused-ring (bicyclic) bond motifs is 1. The Kier molecular flexibility index (Phi) is 2.56. The SMILES string of the molecule is COc1c(Nc2c(F)ccc3c2C(=O)NC3)c(=O)c1=O. The number of carbonyl (C=O) groups excluding carboxylic acids is 1. The van der Waals surface area contributed by atoms with Crippen LogP contribution in [0.4, 0.5) is 15.8 Å². The average molecular weight is 276 g/mol. The third-order valence-corrected chi connectivity index (χ3v) is 3.23. The van der Waals surface area contributed by atoms with Crippen molar-refractivity contribution in [3.05, 3.63) is 49.5 Å². The van der Waals surface area contributed by atoms with Gasteiger partial charge in [-0.25, -0.2) is 4.39 Å². The molecule has 2 N–H and O–H groups in total. The maximum Gasteiger partial charge on any atom is 0.272 e. The molecule has 0 saturated carbocycles. The highest BCUT2D eigenvalue weighted by molar-refractivity contribution is 6.04. The molecule has 0 unspecified atom stereocenters. The highest BCUT2D eigenvalue weighted by atomic mass is 19.1. The number of carbonyl (C=O) groups is 1. The van der Waals surface area contributed by atoms with Crippen LogP contribution in [-0.2, 0) is 6.54 Å². The minimum absolute atomic E-state index is 0.122. The smallest absolute Gasteiger partial charge is 0.272 e. The number of halogens is 1. The van der Waals surface area contributed by atoms with Gasteiger partial charge in [-0.15, -0.1) is 0 Å². The van der Waals surface area contributed by atoms with Crippen LogP contribution in [0, 0.1) is 5.82 Å². The lowest BCUT2D eigenvalue weighted by Gasteiger charge is -2.14. The molecule has 0 bridgehead atoms. The van der Waals surface area contributed by atoms with Crippen LogP contribution < -0.4 is 26.2 Å². The number of amides is 1. The molecule has 1 aliphatic rings. The molecular formula is C13H9FN2O4. The van der Waals surface area contributed by atoms with Gasteiger partial charge in [-0.3, -0.25) is 14.4 Å². The second kappa shape index (κ2) is 4.16. The van der Waals surface area contributed by atoms with Crippen molar-refractivity contribution in [1.82, 2.24) is 5.32 Å². The molecule has 1 amide bonds. The first-order chi connectivity index (χ1) is 9.54. The largest absolute Gasteiger partial charge is 0.491 e. The summed E-state index contributed by atoms with van der Waals surface area (Å²) < 4.78 is 18.7. The quantitative estimate of drug-likeness (QED) is 0.794. The van der Waals surface area contributed by atoms with Crippen LogP contribution >= 0.6 is 0 Å². The molecule has 1 heterocycles. The summed E-state index contributed by atoms with van der Waals surface area (Å²) in [5.41, 5.74) is -1.06. The maximum atomic E-state index is 13.9. The van der Waals surface area contributed by atoms with Crippen molar-refractivity contribution in [1.29, 1.82) is 0 Å². The van der Waals surface area contributed by atoms with Gasteiger partial charge >= 0.3 is 0 Å². The van der Waals surface area contributed by atoms with Gasteiger partial charge in [0, 0.05) is 6.54 Å². The monoisotopic (exact) mass is 276 g/mol. The fourth-order valence-corrected chi connectivity index (χ4v) is 2.22. The Morgan fingerprint density at radius 1 is 1.20 bits per heavy atom. The molecule has 102 valence electrons. The van der Waals surface area contributed by atoms with E-state index in [9.17, 15) is 18.8 Å². The van der Waals surface area contributed by atoms with E-state index in [4.69, 9.17) is 4.74 Å². The van der Waals surface area contributed by atoms with E-state index in [0.717, 1.165) is 0 Å². The Balaban J connectivity index is 2.11. The highest BCUT2D eigenvalue weighted by Gasteiger charge is 2.28. The number of rotatable bonds is 3. The lowest BCUT2D eigenvalue weighted by molar-refractivity contribution is 0.0966. The zero-order chi connectivity index (χ0) is 14.4. The summed E-state index contributed by atoms with van der Waals surface area (Å²) in [4.78, 5) is 34.4. The van der Waals surface area contributed by atoms with E-state index in [1.165, 1.54) is 19.2 Å². The summed E-state index contributed by atoms with van der Waals surface area (Å²) in [6.07, 6.45) is 0. The summed E-state index contributed by atoms with van der Waals surface area (Å²) in [5.74, 6) is -1.28. The minimum Gasteiger partial charge on any atom is -0.491 e. The Morgan fingerprint density at radius 3 is 2.65 bits per heavy atom. The third kappa shape index (κ3) is 1.52. The molecule has 2 aromatic rings. The maximum absolute atomic E-state index is 13.9. The molecule has 2 aromatic carbocycles. The highest BCUT2D eigenvalue weighted by Crippen LogP contribution is 2.31. The van der Waals surface area contributed by atoms with E-state index in [1.54, 1.807) is 0 Å². The van der Waals surface area contributed by atoms with Gasteiger partial charge in [-0.1, -0.05) is 6.07 Å². The summed E-state index contributed by atoms with van der Waals surface area (Å²) in [6, 6.07) is 2.69. The molecule has 0 aliphatic carbocycles. The molecule has 20 heavy (non-hydrogen) atoms. The fraction of sp³-hybridized carbons (Fsp3) is 0.154. The first-order valence-electron chi connectivity index (χ1n) is 5.78. The molecular weight excluding hydrogens is 267 g/mol. The van der Waals surface area contributed by atoms with Crippen molar-refractivity contribution in [2.24, 2.45) is 0 Å². The van der Waals surface area contributed by atoms with Crippen molar-refractivity contribution in [3.63, 3.8) is 0 Å². The number of ether oxygens (including phenoxy) is 1. The summed E-state index contributed by atoms with van der Waals surface area (Å²) >= 11 is 0. The molecule has 0 atom stereocenters. The average Bonchev–Trinajstić information content (AvgIpc) is 2.82. The number of methoxy groups -OCH3 is 1. The van der Waals surface area contributed by atoms with E-state index >= 15 is 0 Å². The zero-order valence-electron chi connectivity index (χ0n) is 10.4. The van der Waals surface area contributed by atoms with Gasteiger partial charge < -0.3 is 15.4 Å². The van der Waals surface area contributed by atoms with Crippen LogP contribution in [0.5, 0.6) is 5.75 Å². The Bertz CT molecular complexity index is 805. The molecule has 0 spiro atoms. The van der Waals surface area contributed by atoms with E-state index in [0.29, 0.717) is 12.1 Å². The van der Waals surface area contributed by atoms with Gasteiger partial charge in [0.1, 0.15) is 11.5 Å². The summed E-state index contributed by atoms with van der Waals surface area (Å²) in [7, 11) is 1.24. The molecule has 6 nitrogen and oxygen atoms in total. The molecule has 0 fully saturated rings.